The van der Waals surface area contributed by atoms with Crippen molar-refractivity contribution in [2.24, 2.45) is 0 Å². The van der Waals surface area contributed by atoms with E-state index in [9.17, 15) is 0 Å². The molecule has 1 aromatic rings. The Morgan fingerprint density at radius 3 is 2.79 bits per heavy atom. The minimum atomic E-state index is 0.824. The Balaban J connectivity index is 1.85. The Labute approximate surface area is 84.4 Å². The zero-order valence-electron chi connectivity index (χ0n) is 8.65. The molecule has 0 saturated heterocycles. The largest absolute Gasteiger partial charge is 0.381 e. The predicted octanol–water partition coefficient (Wildman–Crippen LogP) is 1.07. The number of rotatable bonds is 8. The molecule has 5 nitrogen and oxygen atoms in total. The summed E-state index contributed by atoms with van der Waals surface area (Å²) in [5.41, 5.74) is 0. The first-order chi connectivity index (χ1) is 6.93. The smallest absolute Gasteiger partial charge is 0.221 e. The maximum absolute atomic E-state index is 5.42. The van der Waals surface area contributed by atoms with Crippen LogP contribution in [0.3, 0.4) is 0 Å². The van der Waals surface area contributed by atoms with Crippen molar-refractivity contribution in [2.75, 3.05) is 13.2 Å². The maximum Gasteiger partial charge on any atom is 0.221 e. The number of ether oxygens (including phenoxy) is 1. The van der Waals surface area contributed by atoms with Crippen LogP contribution in [-0.4, -0.2) is 33.4 Å². The number of unbranched alkanes of at least 4 members (excludes halogenated alkanes) is 2. The third-order valence-corrected chi connectivity index (χ3v) is 1.90. The van der Waals surface area contributed by atoms with Crippen LogP contribution in [0.2, 0.25) is 0 Å². The molecule has 0 N–H and O–H groups in total. The first-order valence-corrected chi connectivity index (χ1v) is 5.15. The maximum atomic E-state index is 5.42. The number of hydrogen-bond acceptors (Lipinski definition) is 4. The molecule has 1 rings (SSSR count). The van der Waals surface area contributed by atoms with Crippen LogP contribution < -0.4 is 0 Å². The number of hydrogen-bond donors (Lipinski definition) is 0. The van der Waals surface area contributed by atoms with Crippen LogP contribution in [0.5, 0.6) is 0 Å². The van der Waals surface area contributed by atoms with E-state index in [1.807, 2.05) is 0 Å². The van der Waals surface area contributed by atoms with Gasteiger partial charge in [-0.05, 0) is 29.7 Å². The molecule has 0 atom stereocenters. The predicted molar refractivity (Wildman–Crippen MR) is 51.6 cm³/mol. The number of aromatic nitrogens is 4. The van der Waals surface area contributed by atoms with Crippen LogP contribution in [-0.2, 0) is 11.3 Å². The first-order valence-electron chi connectivity index (χ1n) is 5.15. The van der Waals surface area contributed by atoms with Gasteiger partial charge in [-0.1, -0.05) is 13.3 Å². The van der Waals surface area contributed by atoms with E-state index in [4.69, 9.17) is 4.74 Å². The Kier molecular flexibility index (Phi) is 5.90. The van der Waals surface area contributed by atoms with Crippen molar-refractivity contribution in [3.8, 4) is 0 Å². The van der Waals surface area contributed by atoms with Gasteiger partial charge in [0.05, 0.1) is 0 Å². The number of tetrazole rings is 1. The van der Waals surface area contributed by atoms with E-state index in [0.717, 1.165) is 39.0 Å². The lowest BCUT2D eigenvalue weighted by Crippen LogP contribution is -2.02. The zero-order chi connectivity index (χ0) is 10.1. The van der Waals surface area contributed by atoms with Crippen LogP contribution >= 0.6 is 0 Å². The molecule has 0 amide bonds. The Hall–Kier alpha value is -0.970. The first kappa shape index (κ1) is 11.1. The van der Waals surface area contributed by atoms with Gasteiger partial charge in [0.15, 0.2) is 0 Å². The Morgan fingerprint density at radius 1 is 1.21 bits per heavy atom. The molecule has 0 bridgehead atoms. The average molecular weight is 197 g/mol. The molecule has 14 heavy (non-hydrogen) atoms. The summed E-state index contributed by atoms with van der Waals surface area (Å²) >= 11 is 0. The molecule has 0 saturated carbocycles. The highest BCUT2D eigenvalue weighted by atomic mass is 16.5. The van der Waals surface area contributed by atoms with Gasteiger partial charge in [-0.2, -0.15) is 0 Å². The highest BCUT2D eigenvalue weighted by Crippen LogP contribution is 1.95. The van der Waals surface area contributed by atoms with Crippen molar-refractivity contribution in [3.05, 3.63) is 6.33 Å². The molecular formula is C9H17N4O. The number of nitrogens with zero attached hydrogens (tertiary/aromatic N) is 4. The molecule has 1 aromatic heterocycles. The van der Waals surface area contributed by atoms with Gasteiger partial charge in [-0.15, -0.1) is 5.10 Å². The van der Waals surface area contributed by atoms with Crippen LogP contribution in [0.15, 0.2) is 0 Å². The minimum Gasteiger partial charge on any atom is -0.381 e. The Bertz CT molecular complexity index is 213. The van der Waals surface area contributed by atoms with Gasteiger partial charge in [0.1, 0.15) is 0 Å². The lowest BCUT2D eigenvalue weighted by molar-refractivity contribution is 0.126. The van der Waals surface area contributed by atoms with E-state index in [0.29, 0.717) is 0 Å². The lowest BCUT2D eigenvalue weighted by Gasteiger charge is -2.02. The van der Waals surface area contributed by atoms with Gasteiger partial charge < -0.3 is 4.74 Å². The minimum absolute atomic E-state index is 0.824. The van der Waals surface area contributed by atoms with Gasteiger partial charge in [-0.25, -0.2) is 4.68 Å². The van der Waals surface area contributed by atoms with Crippen molar-refractivity contribution in [3.63, 3.8) is 0 Å². The summed E-state index contributed by atoms with van der Waals surface area (Å²) in [5, 5.41) is 10.7. The molecule has 0 spiro atoms. The molecule has 0 fully saturated rings. The molecule has 0 aliphatic carbocycles. The SMILES string of the molecule is CCCCOCCCCn1[c]nnn1. The van der Waals surface area contributed by atoms with Gasteiger partial charge in [0, 0.05) is 19.8 Å². The average Bonchev–Trinajstić information content (AvgIpc) is 2.69. The molecular weight excluding hydrogens is 180 g/mol. The summed E-state index contributed by atoms with van der Waals surface area (Å²) < 4.78 is 7.04. The third kappa shape index (κ3) is 4.91. The summed E-state index contributed by atoms with van der Waals surface area (Å²) in [6, 6.07) is 0. The van der Waals surface area contributed by atoms with Crippen LogP contribution in [0.1, 0.15) is 32.6 Å². The molecule has 0 aliphatic heterocycles. The van der Waals surface area contributed by atoms with Gasteiger partial charge in [0.25, 0.3) is 0 Å². The molecule has 1 heterocycles. The van der Waals surface area contributed by atoms with E-state index in [1.54, 1.807) is 4.68 Å². The van der Waals surface area contributed by atoms with Crippen molar-refractivity contribution < 1.29 is 4.74 Å². The second-order valence-corrected chi connectivity index (χ2v) is 3.18. The van der Waals surface area contributed by atoms with Crippen LogP contribution in [0.4, 0.5) is 0 Å². The van der Waals surface area contributed by atoms with E-state index in [1.165, 1.54) is 6.42 Å². The third-order valence-electron chi connectivity index (χ3n) is 1.90. The number of aryl methyl sites for hydroxylation is 1. The highest BCUT2D eigenvalue weighted by molar-refractivity contribution is 4.45. The van der Waals surface area contributed by atoms with Gasteiger partial charge in [0.2, 0.25) is 6.33 Å². The van der Waals surface area contributed by atoms with E-state index < -0.39 is 0 Å². The summed E-state index contributed by atoms with van der Waals surface area (Å²) in [5.74, 6) is 0. The van der Waals surface area contributed by atoms with Crippen LogP contribution in [0, 0.1) is 6.33 Å². The summed E-state index contributed by atoms with van der Waals surface area (Å²) in [6.07, 6.45) is 7.09. The van der Waals surface area contributed by atoms with Crippen molar-refractivity contribution in [2.45, 2.75) is 39.2 Å². The second-order valence-electron chi connectivity index (χ2n) is 3.18. The normalized spacial score (nSPS) is 10.6. The standard InChI is InChI=1S/C9H17N4O/c1-2-3-7-14-8-5-4-6-13-9-10-11-12-13/h2-8H2,1H3. The van der Waals surface area contributed by atoms with E-state index in [2.05, 4.69) is 28.8 Å². The van der Waals surface area contributed by atoms with E-state index in [-0.39, 0.29) is 0 Å². The highest BCUT2D eigenvalue weighted by Gasteiger charge is 1.93. The molecule has 0 unspecified atom stereocenters. The second kappa shape index (κ2) is 7.44. The Morgan fingerprint density at radius 2 is 2.07 bits per heavy atom. The van der Waals surface area contributed by atoms with E-state index >= 15 is 0 Å². The fourth-order valence-corrected chi connectivity index (χ4v) is 1.07. The van der Waals surface area contributed by atoms with Gasteiger partial charge >= 0.3 is 0 Å². The van der Waals surface area contributed by atoms with Crippen molar-refractivity contribution >= 4 is 0 Å². The molecule has 79 valence electrons. The van der Waals surface area contributed by atoms with Crippen LogP contribution in [0.25, 0.3) is 0 Å². The molecule has 0 aliphatic rings. The van der Waals surface area contributed by atoms with Crippen molar-refractivity contribution in [1.82, 2.24) is 20.2 Å². The fraction of sp³-hybridized carbons (Fsp3) is 0.889. The van der Waals surface area contributed by atoms with Gasteiger partial charge in [-0.3, -0.25) is 0 Å². The van der Waals surface area contributed by atoms with Crippen molar-refractivity contribution in [1.29, 1.82) is 0 Å². The topological polar surface area (TPSA) is 52.8 Å². The zero-order valence-corrected chi connectivity index (χ0v) is 8.65. The monoisotopic (exact) mass is 197 g/mol. The molecule has 1 radical (unpaired) electrons. The summed E-state index contributed by atoms with van der Waals surface area (Å²) in [7, 11) is 0. The summed E-state index contributed by atoms with van der Waals surface area (Å²) in [6.45, 7) is 4.71. The fourth-order valence-electron chi connectivity index (χ4n) is 1.07. The summed E-state index contributed by atoms with van der Waals surface area (Å²) in [4.78, 5) is 0. The quantitative estimate of drug-likeness (QED) is 0.585. The molecule has 5 heteroatoms. The lowest BCUT2D eigenvalue weighted by atomic mass is 10.3. The molecule has 0 aromatic carbocycles.